The van der Waals surface area contributed by atoms with Gasteiger partial charge in [-0.05, 0) is 0 Å². The van der Waals surface area contributed by atoms with Gasteiger partial charge in [0.1, 0.15) is 0 Å². The van der Waals surface area contributed by atoms with Crippen LogP contribution in [0.4, 0.5) is 0 Å². The summed E-state index contributed by atoms with van der Waals surface area (Å²) >= 11 is -1.06. The van der Waals surface area contributed by atoms with Crippen molar-refractivity contribution in [1.29, 1.82) is 0 Å². The van der Waals surface area contributed by atoms with Crippen LogP contribution in [0.3, 0.4) is 0 Å². The van der Waals surface area contributed by atoms with Crippen molar-refractivity contribution in [1.82, 2.24) is 0 Å². The van der Waals surface area contributed by atoms with Crippen LogP contribution in [0.15, 0.2) is 11.1 Å². The maximum atomic E-state index is 10.6. The third-order valence-electron chi connectivity index (χ3n) is 0.531. The molecule has 0 spiro atoms. The van der Waals surface area contributed by atoms with E-state index in [0.29, 0.717) is 0 Å². The fourth-order valence-electron chi connectivity index (χ4n) is 0.201. The van der Waals surface area contributed by atoms with Gasteiger partial charge < -0.3 is 0 Å². The molecule has 45 valence electrons. The molecule has 0 rings (SSSR count). The number of hydrogen-bond acceptors (Lipinski definition) is 1. The van der Waals surface area contributed by atoms with Crippen LogP contribution < -0.4 is 0 Å². The van der Waals surface area contributed by atoms with Crippen LogP contribution in [0.2, 0.25) is 5.36 Å². The molecule has 0 aliphatic rings. The summed E-state index contributed by atoms with van der Waals surface area (Å²) in [5.41, 5.74) is 0. The molecule has 0 aliphatic carbocycles. The number of hydrogen-bond donors (Lipinski definition) is 0. The first-order chi connectivity index (χ1) is 3.18. The summed E-state index contributed by atoms with van der Waals surface area (Å²) in [4.78, 5) is 0. The summed E-state index contributed by atoms with van der Waals surface area (Å²) in [5.74, 6) is 0. The van der Waals surface area contributed by atoms with E-state index < -0.39 is 13.6 Å². The Kier molecular flexibility index (Phi) is 3.12. The van der Waals surface area contributed by atoms with E-state index >= 15 is 0 Å². The van der Waals surface area contributed by atoms with E-state index in [9.17, 15) is 3.87 Å². The fourth-order valence-corrected chi connectivity index (χ4v) is 0.830. The Bertz CT molecular complexity index is 96.3. The quantitative estimate of drug-likeness (QED) is 0.580. The summed E-state index contributed by atoms with van der Waals surface area (Å²) in [6.45, 7) is 7.23. The third kappa shape index (κ3) is 2.71. The summed E-state index contributed by atoms with van der Waals surface area (Å²) in [5, 5.41) is 0.725. The van der Waals surface area contributed by atoms with Crippen molar-refractivity contribution in [3.8, 4) is 0 Å². The molecule has 0 bridgehead atoms. The van der Waals surface area contributed by atoms with Gasteiger partial charge in [0.15, 0.2) is 0 Å². The first-order valence-electron chi connectivity index (χ1n) is 2.10. The van der Waals surface area contributed by atoms with E-state index in [0.717, 1.165) is 9.86 Å². The fraction of sp³-hybridized carbons (Fsp3) is 0.600. The van der Waals surface area contributed by atoms with Gasteiger partial charge >= 0.3 is 47.7 Å². The molecule has 0 heterocycles. The second-order valence-corrected chi connectivity index (χ2v) is 3.66. The van der Waals surface area contributed by atoms with Crippen LogP contribution in [0, 0.1) is 0 Å². The number of allylic oxidation sites excluding steroid dienone is 1. The van der Waals surface area contributed by atoms with Gasteiger partial charge in [-0.25, -0.2) is 0 Å². The van der Waals surface area contributed by atoms with Crippen molar-refractivity contribution in [2.45, 2.75) is 19.2 Å². The normalized spacial score (nSPS) is 10.9. The van der Waals surface area contributed by atoms with E-state index in [1.165, 1.54) is 0 Å². The minimum absolute atomic E-state index is 0.725. The average molecular weight is 145 g/mol. The predicted molar refractivity (Wildman–Crippen MR) is 26.0 cm³/mol. The van der Waals surface area contributed by atoms with Gasteiger partial charge in [0.05, 0.1) is 0 Å². The Hall–Kier alpha value is 0.0465. The molecule has 7 heavy (non-hydrogen) atoms. The van der Waals surface area contributed by atoms with Gasteiger partial charge in [0.25, 0.3) is 0 Å². The van der Waals surface area contributed by atoms with Crippen LogP contribution in [-0.4, -0.2) is 0 Å². The summed E-state index contributed by atoms with van der Waals surface area (Å²) in [7, 11) is 0. The molecule has 1 nitrogen and oxygen atoms in total. The van der Waals surface area contributed by atoms with Crippen LogP contribution in [-0.2, 0) is 17.5 Å². The predicted octanol–water partition coefficient (Wildman–Crippen LogP) is 1.92. The van der Waals surface area contributed by atoms with Crippen LogP contribution in [0.25, 0.3) is 0 Å². The minimum atomic E-state index is -1.06. The second kappa shape index (κ2) is 3.10. The second-order valence-electron chi connectivity index (χ2n) is 1.16. The zero-order valence-electron chi connectivity index (χ0n) is 4.66. The SMILES string of the molecule is C=[C](C)[Co](=[O])[CH2]C. The van der Waals surface area contributed by atoms with E-state index in [1.54, 1.807) is 6.92 Å². The Morgan fingerprint density at radius 2 is 2.29 bits per heavy atom. The Labute approximate surface area is 48.4 Å². The average Bonchev–Trinajstić information content (AvgIpc) is 1.65. The molecule has 0 saturated carbocycles. The van der Waals surface area contributed by atoms with E-state index in [1.807, 2.05) is 6.92 Å². The topological polar surface area (TPSA) is 17.1 Å². The summed E-state index contributed by atoms with van der Waals surface area (Å²) in [6, 6.07) is 0. The van der Waals surface area contributed by atoms with Crippen molar-refractivity contribution in [3.63, 3.8) is 0 Å². The Morgan fingerprint density at radius 1 is 1.86 bits per heavy atom. The molecule has 0 radical (unpaired) electrons. The third-order valence-corrected chi connectivity index (χ3v) is 2.19. The van der Waals surface area contributed by atoms with Crippen molar-refractivity contribution in [3.05, 3.63) is 11.1 Å². The molecule has 2 heteroatoms. The summed E-state index contributed by atoms with van der Waals surface area (Å²) < 4.78 is 11.4. The first kappa shape index (κ1) is 7.05. The van der Waals surface area contributed by atoms with Gasteiger partial charge in [-0.3, -0.25) is 0 Å². The monoisotopic (exact) mass is 145 g/mol. The molecule has 0 aromatic carbocycles. The standard InChI is InChI=1S/C3H5.C2H5.Co.O/c1-3-2;1-2;;/h1H2,2H3;1H2,2H3;;. The van der Waals surface area contributed by atoms with Crippen molar-refractivity contribution >= 4 is 0 Å². The van der Waals surface area contributed by atoms with Crippen molar-refractivity contribution < 1.29 is 17.5 Å². The van der Waals surface area contributed by atoms with Crippen LogP contribution in [0.5, 0.6) is 0 Å². The summed E-state index contributed by atoms with van der Waals surface area (Å²) in [6.07, 6.45) is 0. The van der Waals surface area contributed by atoms with Crippen LogP contribution in [0.1, 0.15) is 13.8 Å². The molecule has 0 saturated heterocycles. The van der Waals surface area contributed by atoms with Gasteiger partial charge in [-0.2, -0.15) is 0 Å². The van der Waals surface area contributed by atoms with E-state index in [-0.39, 0.29) is 0 Å². The van der Waals surface area contributed by atoms with Gasteiger partial charge in [0.2, 0.25) is 0 Å². The van der Waals surface area contributed by atoms with Gasteiger partial charge in [0, 0.05) is 0 Å². The Balaban J connectivity index is 3.58. The first-order valence-corrected chi connectivity index (χ1v) is 3.78. The zero-order valence-corrected chi connectivity index (χ0v) is 5.70. The molecular formula is C5H10CoO. The van der Waals surface area contributed by atoms with Gasteiger partial charge in [-0.1, -0.05) is 0 Å². The van der Waals surface area contributed by atoms with Crippen molar-refractivity contribution in [2.24, 2.45) is 0 Å². The molecular weight excluding hydrogens is 135 g/mol. The zero-order chi connectivity index (χ0) is 5.86. The van der Waals surface area contributed by atoms with Gasteiger partial charge in [-0.15, -0.1) is 0 Å². The molecule has 0 amide bonds. The van der Waals surface area contributed by atoms with E-state index in [4.69, 9.17) is 0 Å². The number of rotatable bonds is 2. The van der Waals surface area contributed by atoms with Crippen LogP contribution >= 0.6 is 0 Å². The molecule has 0 aromatic heterocycles. The molecule has 0 aliphatic heterocycles. The molecule has 0 unspecified atom stereocenters. The van der Waals surface area contributed by atoms with E-state index in [2.05, 4.69) is 6.58 Å². The maximum absolute atomic E-state index is 10.6. The Morgan fingerprint density at radius 3 is 2.29 bits per heavy atom. The molecule has 0 aromatic rings. The molecule has 0 fully saturated rings. The van der Waals surface area contributed by atoms with Crippen molar-refractivity contribution in [2.75, 3.05) is 0 Å². The molecule has 0 atom stereocenters. The molecule has 0 N–H and O–H groups in total.